The van der Waals surface area contributed by atoms with Gasteiger partial charge in [0.1, 0.15) is 11.4 Å². The van der Waals surface area contributed by atoms with Gasteiger partial charge >= 0.3 is 0 Å². The smallest absolute Gasteiger partial charge is 0.251 e. The molecule has 0 unspecified atom stereocenters. The van der Waals surface area contributed by atoms with E-state index in [1.807, 2.05) is 36.4 Å². The van der Waals surface area contributed by atoms with Crippen LogP contribution in [0.25, 0.3) is 5.69 Å². The number of thioether (sulfide) groups is 1. The number of carbonyl (C=O) groups is 1. The number of carbonyl (C=O) groups excluding carboxylic acids is 1. The molecule has 1 amide bonds. The molecule has 2 N–H and O–H groups in total. The molecule has 3 aromatic rings. The maximum Gasteiger partial charge on any atom is 0.251 e. The number of tetrazole rings is 1. The quantitative estimate of drug-likeness (QED) is 0.310. The highest BCUT2D eigenvalue weighted by molar-refractivity contribution is 7.99. The monoisotopic (exact) mass is 356 g/mol. The van der Waals surface area contributed by atoms with Crippen LogP contribution in [0.1, 0.15) is 0 Å². The molecule has 0 atom stereocenters. The van der Waals surface area contributed by atoms with Gasteiger partial charge in [0.25, 0.3) is 5.91 Å². The molecular formula is C16H16N6O2S. The molecule has 25 heavy (non-hydrogen) atoms. The van der Waals surface area contributed by atoms with E-state index in [1.165, 1.54) is 18.9 Å². The lowest BCUT2D eigenvalue weighted by atomic mass is 10.3. The van der Waals surface area contributed by atoms with Crippen molar-refractivity contribution in [3.05, 3.63) is 54.6 Å². The van der Waals surface area contributed by atoms with E-state index in [9.17, 15) is 4.79 Å². The Kier molecular flexibility index (Phi) is 5.26. The number of anilines is 1. The minimum atomic E-state index is -0.294. The molecule has 1 aromatic heterocycles. The fourth-order valence-corrected chi connectivity index (χ4v) is 2.91. The van der Waals surface area contributed by atoms with Gasteiger partial charge < -0.3 is 4.74 Å². The van der Waals surface area contributed by atoms with Gasteiger partial charge in [-0.15, -0.1) is 5.10 Å². The molecule has 1 heterocycles. The summed E-state index contributed by atoms with van der Waals surface area (Å²) in [5.74, 6) is 6.25. The molecule has 0 aliphatic rings. The highest BCUT2D eigenvalue weighted by Gasteiger charge is 2.18. The van der Waals surface area contributed by atoms with Crippen LogP contribution in [0.4, 0.5) is 5.69 Å². The first-order chi connectivity index (χ1) is 12.2. The maximum absolute atomic E-state index is 12.4. The third-order valence-electron chi connectivity index (χ3n) is 3.38. The van der Waals surface area contributed by atoms with E-state index in [0.717, 1.165) is 10.7 Å². The summed E-state index contributed by atoms with van der Waals surface area (Å²) in [4.78, 5) is 12.4. The van der Waals surface area contributed by atoms with E-state index < -0.39 is 0 Å². The Morgan fingerprint density at radius 1 is 1.20 bits per heavy atom. The van der Waals surface area contributed by atoms with Crippen molar-refractivity contribution < 1.29 is 9.53 Å². The van der Waals surface area contributed by atoms with Gasteiger partial charge in [-0.2, -0.15) is 4.68 Å². The Labute approximate surface area is 148 Å². The third kappa shape index (κ3) is 3.78. The maximum atomic E-state index is 12.4. The van der Waals surface area contributed by atoms with Crippen molar-refractivity contribution >= 4 is 23.4 Å². The number of methoxy groups -OCH3 is 1. The molecule has 0 spiro atoms. The van der Waals surface area contributed by atoms with Crippen LogP contribution in [-0.4, -0.2) is 39.0 Å². The number of aromatic nitrogens is 4. The number of hydrogen-bond acceptors (Lipinski definition) is 7. The first-order valence-corrected chi connectivity index (χ1v) is 8.36. The Morgan fingerprint density at radius 2 is 1.92 bits per heavy atom. The summed E-state index contributed by atoms with van der Waals surface area (Å²) in [5, 5.41) is 13.2. The van der Waals surface area contributed by atoms with E-state index in [0.29, 0.717) is 16.6 Å². The molecule has 0 aliphatic heterocycles. The molecule has 0 aliphatic carbocycles. The van der Waals surface area contributed by atoms with E-state index in [4.69, 9.17) is 10.6 Å². The van der Waals surface area contributed by atoms with E-state index in [1.54, 1.807) is 22.9 Å². The SMILES string of the molecule is COc1ccccc1N(N)C(=O)CSc1nnnn1-c1ccccc1. The van der Waals surface area contributed by atoms with Crippen LogP contribution >= 0.6 is 11.8 Å². The van der Waals surface area contributed by atoms with Crippen molar-refractivity contribution in [1.82, 2.24) is 20.2 Å². The molecule has 9 heteroatoms. The minimum absolute atomic E-state index is 0.0851. The molecule has 0 saturated carbocycles. The second kappa shape index (κ2) is 7.77. The Balaban J connectivity index is 1.70. The fourth-order valence-electron chi connectivity index (χ4n) is 2.16. The van der Waals surface area contributed by atoms with Crippen LogP contribution < -0.4 is 15.6 Å². The molecule has 0 bridgehead atoms. The van der Waals surface area contributed by atoms with Gasteiger partial charge in [0.15, 0.2) is 0 Å². The molecule has 2 aromatic carbocycles. The van der Waals surface area contributed by atoms with Gasteiger partial charge in [0.2, 0.25) is 5.16 Å². The van der Waals surface area contributed by atoms with Crippen LogP contribution in [0.15, 0.2) is 59.8 Å². The number of nitrogens with zero attached hydrogens (tertiary/aromatic N) is 5. The molecule has 0 saturated heterocycles. The number of para-hydroxylation sites is 3. The summed E-state index contributed by atoms with van der Waals surface area (Å²) in [5.41, 5.74) is 1.31. The van der Waals surface area contributed by atoms with Crippen LogP contribution in [0.3, 0.4) is 0 Å². The summed E-state index contributed by atoms with van der Waals surface area (Å²) in [7, 11) is 1.53. The fraction of sp³-hybridized carbons (Fsp3) is 0.125. The number of nitrogens with two attached hydrogens (primary N) is 1. The second-order valence-electron chi connectivity index (χ2n) is 4.93. The van der Waals surface area contributed by atoms with Crippen molar-refractivity contribution in [3.63, 3.8) is 0 Å². The van der Waals surface area contributed by atoms with Crippen molar-refractivity contribution in [2.24, 2.45) is 5.84 Å². The van der Waals surface area contributed by atoms with Gasteiger partial charge in [-0.1, -0.05) is 42.1 Å². The number of benzene rings is 2. The lowest BCUT2D eigenvalue weighted by molar-refractivity contribution is -0.116. The number of rotatable bonds is 6. The largest absolute Gasteiger partial charge is 0.495 e. The predicted molar refractivity (Wildman–Crippen MR) is 94.5 cm³/mol. The van der Waals surface area contributed by atoms with Gasteiger partial charge in [-0.05, 0) is 34.7 Å². The Bertz CT molecular complexity index is 855. The summed E-state index contributed by atoms with van der Waals surface area (Å²) in [6.07, 6.45) is 0. The van der Waals surface area contributed by atoms with Crippen LogP contribution in [0.2, 0.25) is 0 Å². The zero-order valence-electron chi connectivity index (χ0n) is 13.4. The summed E-state index contributed by atoms with van der Waals surface area (Å²) in [6, 6.07) is 16.5. The third-order valence-corrected chi connectivity index (χ3v) is 4.28. The lowest BCUT2D eigenvalue weighted by Crippen LogP contribution is -2.39. The highest BCUT2D eigenvalue weighted by atomic mass is 32.2. The zero-order chi connectivity index (χ0) is 17.6. The van der Waals surface area contributed by atoms with E-state index >= 15 is 0 Å². The summed E-state index contributed by atoms with van der Waals surface area (Å²) in [6.45, 7) is 0. The van der Waals surface area contributed by atoms with Crippen molar-refractivity contribution in [2.75, 3.05) is 17.9 Å². The predicted octanol–water partition coefficient (Wildman–Crippen LogP) is 1.67. The minimum Gasteiger partial charge on any atom is -0.495 e. The van der Waals surface area contributed by atoms with E-state index in [-0.39, 0.29) is 11.7 Å². The molecular weight excluding hydrogens is 340 g/mol. The molecule has 8 nitrogen and oxygen atoms in total. The zero-order valence-corrected chi connectivity index (χ0v) is 14.3. The normalized spacial score (nSPS) is 10.5. The van der Waals surface area contributed by atoms with Crippen LogP contribution in [0.5, 0.6) is 5.75 Å². The molecule has 0 fully saturated rings. The van der Waals surface area contributed by atoms with Crippen molar-refractivity contribution in [3.8, 4) is 11.4 Å². The lowest BCUT2D eigenvalue weighted by Gasteiger charge is -2.18. The topological polar surface area (TPSA) is 99.2 Å². The summed E-state index contributed by atoms with van der Waals surface area (Å²) < 4.78 is 6.80. The first kappa shape index (κ1) is 16.9. The van der Waals surface area contributed by atoms with Crippen LogP contribution in [0, 0.1) is 0 Å². The Morgan fingerprint density at radius 3 is 2.68 bits per heavy atom. The average molecular weight is 356 g/mol. The standard InChI is InChI=1S/C16H16N6O2S/c1-24-14-10-6-5-9-13(14)21(17)15(23)11-25-16-18-19-20-22(16)12-7-3-2-4-8-12/h2-10H,11,17H2,1H3. The molecule has 3 rings (SSSR count). The van der Waals surface area contributed by atoms with Crippen molar-refractivity contribution in [2.45, 2.75) is 5.16 Å². The second-order valence-corrected chi connectivity index (χ2v) is 5.88. The van der Waals surface area contributed by atoms with E-state index in [2.05, 4.69) is 15.5 Å². The Hall–Kier alpha value is -2.91. The van der Waals surface area contributed by atoms with Gasteiger partial charge in [-0.3, -0.25) is 4.79 Å². The first-order valence-electron chi connectivity index (χ1n) is 7.38. The van der Waals surface area contributed by atoms with Gasteiger partial charge in [0.05, 0.1) is 18.6 Å². The average Bonchev–Trinajstić information content (AvgIpc) is 3.14. The van der Waals surface area contributed by atoms with Crippen LogP contribution in [-0.2, 0) is 4.79 Å². The molecule has 128 valence electrons. The number of amides is 1. The summed E-state index contributed by atoms with van der Waals surface area (Å²) >= 11 is 1.21. The van der Waals surface area contributed by atoms with Crippen molar-refractivity contribution in [1.29, 1.82) is 0 Å². The van der Waals surface area contributed by atoms with Gasteiger partial charge in [0, 0.05) is 0 Å². The number of ether oxygens (including phenoxy) is 1. The highest BCUT2D eigenvalue weighted by Crippen LogP contribution is 2.26. The molecule has 0 radical (unpaired) electrons. The number of hydrazine groups is 1. The van der Waals surface area contributed by atoms with Gasteiger partial charge in [-0.25, -0.2) is 10.9 Å². The number of hydrogen-bond donors (Lipinski definition) is 1.